The molecule has 2 rings (SSSR count). The molecule has 9 nitrogen and oxygen atoms in total. The van der Waals surface area contributed by atoms with Gasteiger partial charge in [0.25, 0.3) is 11.8 Å². The number of nitrogens with zero attached hydrogens (tertiary/aromatic N) is 3. The third-order valence-corrected chi connectivity index (χ3v) is 4.95. The normalized spacial score (nSPS) is 19.5. The van der Waals surface area contributed by atoms with Crippen molar-refractivity contribution in [3.05, 3.63) is 0 Å². The number of hydrogen-bond acceptors (Lipinski definition) is 6. The van der Waals surface area contributed by atoms with Gasteiger partial charge in [-0.25, -0.2) is 4.79 Å². The number of rotatable bonds is 6. The Hall–Kier alpha value is -2.45. The first-order valence-electron chi connectivity index (χ1n) is 8.95. The molecule has 2 aliphatic heterocycles. The maximum Gasteiger partial charge on any atom is 0.434 e. The summed E-state index contributed by atoms with van der Waals surface area (Å²) in [7, 11) is 0. The van der Waals surface area contributed by atoms with Gasteiger partial charge < -0.3 is 9.74 Å². The van der Waals surface area contributed by atoms with Crippen LogP contribution >= 0.6 is 0 Å². The average molecular weight is 367 g/mol. The molecule has 0 N–H and O–H groups in total. The smallest absolute Gasteiger partial charge is 0.311 e. The van der Waals surface area contributed by atoms with Crippen molar-refractivity contribution < 1.29 is 28.8 Å². The quantitative estimate of drug-likeness (QED) is 0.511. The molecule has 0 spiro atoms. The largest absolute Gasteiger partial charge is 0.434 e. The molecule has 0 saturated carbocycles. The van der Waals surface area contributed by atoms with Crippen molar-refractivity contribution in [3.63, 3.8) is 0 Å². The van der Waals surface area contributed by atoms with E-state index in [4.69, 9.17) is 4.84 Å². The zero-order chi connectivity index (χ0) is 19.3. The fraction of sp³-hybridized carbons (Fsp3) is 0.706. The lowest BCUT2D eigenvalue weighted by molar-refractivity contribution is -0.174. The van der Waals surface area contributed by atoms with E-state index in [0.29, 0.717) is 50.4 Å². The molecular weight excluding hydrogens is 342 g/mol. The number of imide groups is 2. The van der Waals surface area contributed by atoms with Crippen molar-refractivity contribution in [2.24, 2.45) is 11.8 Å². The first-order valence-corrected chi connectivity index (χ1v) is 8.95. The zero-order valence-electron chi connectivity index (χ0n) is 15.2. The minimum atomic E-state index is -0.727. The summed E-state index contributed by atoms with van der Waals surface area (Å²) in [6.45, 7) is 4.77. The Morgan fingerprint density at radius 2 is 1.81 bits per heavy atom. The van der Waals surface area contributed by atoms with Gasteiger partial charge in [-0.3, -0.25) is 24.1 Å². The molecule has 0 bridgehead atoms. The Kier molecular flexibility index (Phi) is 6.70. The van der Waals surface area contributed by atoms with Gasteiger partial charge in [-0.2, -0.15) is 0 Å². The van der Waals surface area contributed by atoms with Gasteiger partial charge in [-0.1, -0.05) is 13.8 Å². The van der Waals surface area contributed by atoms with Crippen LogP contribution in [0, 0.1) is 11.8 Å². The van der Waals surface area contributed by atoms with Crippen LogP contribution in [-0.2, 0) is 24.0 Å². The van der Waals surface area contributed by atoms with Gasteiger partial charge in [0, 0.05) is 38.4 Å². The standard InChI is InChI=1S/C17H25N3O6/c1-3-12(2)16(24)19(11-21)10-13-6-8-18(9-7-13)17(25)26-20-14(22)4-5-15(20)23/h11-13H,3-10H2,1-2H3. The molecular formula is C17H25N3O6. The molecule has 2 heterocycles. The van der Waals surface area contributed by atoms with E-state index in [1.807, 2.05) is 6.92 Å². The van der Waals surface area contributed by atoms with Gasteiger partial charge in [-0.05, 0) is 25.2 Å². The summed E-state index contributed by atoms with van der Waals surface area (Å²) in [6.07, 6.45) is 1.83. The van der Waals surface area contributed by atoms with Crippen LogP contribution in [0.2, 0.25) is 0 Å². The molecule has 0 aromatic carbocycles. The minimum Gasteiger partial charge on any atom is -0.311 e. The second kappa shape index (κ2) is 8.77. The summed E-state index contributed by atoms with van der Waals surface area (Å²) in [6, 6.07) is 0. The molecule has 2 fully saturated rings. The summed E-state index contributed by atoms with van der Waals surface area (Å²) in [5.41, 5.74) is 0. The van der Waals surface area contributed by atoms with E-state index in [1.54, 1.807) is 6.92 Å². The molecule has 5 amide bonds. The Balaban J connectivity index is 1.81. The van der Waals surface area contributed by atoms with E-state index in [9.17, 15) is 24.0 Å². The number of hydrogen-bond donors (Lipinski definition) is 0. The molecule has 1 unspecified atom stereocenters. The van der Waals surface area contributed by atoms with Gasteiger partial charge >= 0.3 is 6.09 Å². The van der Waals surface area contributed by atoms with Gasteiger partial charge in [0.05, 0.1) is 0 Å². The van der Waals surface area contributed by atoms with Crippen LogP contribution in [0.4, 0.5) is 4.79 Å². The lowest BCUT2D eigenvalue weighted by Crippen LogP contribution is -2.45. The number of hydroxylamine groups is 2. The summed E-state index contributed by atoms with van der Waals surface area (Å²) >= 11 is 0. The van der Waals surface area contributed by atoms with Gasteiger partial charge in [-0.15, -0.1) is 5.06 Å². The van der Waals surface area contributed by atoms with Crippen LogP contribution in [0.25, 0.3) is 0 Å². The van der Waals surface area contributed by atoms with Gasteiger partial charge in [0.2, 0.25) is 12.3 Å². The van der Waals surface area contributed by atoms with Crippen LogP contribution in [-0.4, -0.2) is 64.7 Å². The molecule has 144 valence electrons. The number of piperidine rings is 1. The van der Waals surface area contributed by atoms with Crippen molar-refractivity contribution in [3.8, 4) is 0 Å². The first kappa shape index (κ1) is 19.9. The SMILES string of the molecule is CCC(C)C(=O)N(C=O)CC1CCN(C(=O)ON2C(=O)CCC2=O)CC1. The molecule has 2 saturated heterocycles. The summed E-state index contributed by atoms with van der Waals surface area (Å²) < 4.78 is 0. The summed E-state index contributed by atoms with van der Waals surface area (Å²) in [5.74, 6) is -1.31. The fourth-order valence-electron chi connectivity index (χ4n) is 3.01. The minimum absolute atomic E-state index is 0.0555. The second-order valence-corrected chi connectivity index (χ2v) is 6.77. The van der Waals surface area contributed by atoms with E-state index in [0.717, 1.165) is 0 Å². The lowest BCUT2D eigenvalue weighted by Gasteiger charge is -2.33. The Morgan fingerprint density at radius 3 is 2.31 bits per heavy atom. The van der Waals surface area contributed by atoms with E-state index in [1.165, 1.54) is 9.80 Å². The average Bonchev–Trinajstić information content (AvgIpc) is 2.97. The fourth-order valence-corrected chi connectivity index (χ4v) is 3.01. The van der Waals surface area contributed by atoms with Crippen LogP contribution in [0.15, 0.2) is 0 Å². The Labute approximate surface area is 152 Å². The van der Waals surface area contributed by atoms with Gasteiger partial charge in [0.15, 0.2) is 0 Å². The summed E-state index contributed by atoms with van der Waals surface area (Å²) in [4.78, 5) is 66.0. The third kappa shape index (κ3) is 4.59. The summed E-state index contributed by atoms with van der Waals surface area (Å²) in [5, 5.41) is 0.535. The third-order valence-electron chi connectivity index (χ3n) is 4.95. The number of carbonyl (C=O) groups excluding carboxylic acids is 5. The predicted octanol–water partition coefficient (Wildman–Crippen LogP) is 0.930. The van der Waals surface area contributed by atoms with Crippen molar-refractivity contribution in [1.29, 1.82) is 0 Å². The van der Waals surface area contributed by atoms with Crippen LogP contribution in [0.5, 0.6) is 0 Å². The van der Waals surface area contributed by atoms with Gasteiger partial charge in [0.1, 0.15) is 0 Å². The van der Waals surface area contributed by atoms with Crippen molar-refractivity contribution in [2.45, 2.75) is 46.0 Å². The van der Waals surface area contributed by atoms with E-state index in [-0.39, 0.29) is 30.6 Å². The molecule has 9 heteroatoms. The highest BCUT2D eigenvalue weighted by atomic mass is 16.7. The predicted molar refractivity (Wildman–Crippen MR) is 89.1 cm³/mol. The van der Waals surface area contributed by atoms with E-state index in [2.05, 4.69) is 0 Å². The number of likely N-dealkylation sites (tertiary alicyclic amines) is 1. The number of carbonyl (C=O) groups is 5. The topological polar surface area (TPSA) is 104 Å². The molecule has 0 aromatic rings. The monoisotopic (exact) mass is 367 g/mol. The van der Waals surface area contributed by atoms with Crippen molar-refractivity contribution >= 4 is 30.2 Å². The van der Waals surface area contributed by atoms with Crippen LogP contribution in [0.3, 0.4) is 0 Å². The molecule has 0 aromatic heterocycles. The van der Waals surface area contributed by atoms with Crippen molar-refractivity contribution in [1.82, 2.24) is 14.9 Å². The molecule has 2 aliphatic rings. The maximum absolute atomic E-state index is 12.1. The molecule has 0 aliphatic carbocycles. The van der Waals surface area contributed by atoms with E-state index >= 15 is 0 Å². The second-order valence-electron chi connectivity index (χ2n) is 6.77. The highest BCUT2D eigenvalue weighted by Crippen LogP contribution is 2.21. The molecule has 1 atom stereocenters. The van der Waals surface area contributed by atoms with E-state index < -0.39 is 17.9 Å². The molecule has 26 heavy (non-hydrogen) atoms. The highest BCUT2D eigenvalue weighted by molar-refractivity contribution is 6.01. The van der Waals surface area contributed by atoms with Crippen molar-refractivity contribution in [2.75, 3.05) is 19.6 Å². The zero-order valence-corrected chi connectivity index (χ0v) is 15.2. The van der Waals surface area contributed by atoms with Crippen LogP contribution in [0.1, 0.15) is 46.0 Å². The lowest BCUT2D eigenvalue weighted by atomic mass is 9.96. The highest BCUT2D eigenvalue weighted by Gasteiger charge is 2.35. The maximum atomic E-state index is 12.1. The Morgan fingerprint density at radius 1 is 1.23 bits per heavy atom. The van der Waals surface area contributed by atoms with Crippen LogP contribution < -0.4 is 0 Å². The Bertz CT molecular complexity index is 569. The number of amides is 5. The molecule has 0 radical (unpaired) electrons. The first-order chi connectivity index (χ1) is 12.4.